The van der Waals surface area contributed by atoms with Gasteiger partial charge in [-0.15, -0.1) is 10.2 Å². The summed E-state index contributed by atoms with van der Waals surface area (Å²) in [5.41, 5.74) is 2.26. The van der Waals surface area contributed by atoms with Crippen molar-refractivity contribution in [1.82, 2.24) is 20.1 Å². The molecule has 0 bridgehead atoms. The lowest BCUT2D eigenvalue weighted by Crippen LogP contribution is -2.26. The number of unbranched alkanes of at least 4 members (excludes halogenated alkanes) is 1. The molecule has 6 heteroatoms. The van der Waals surface area contributed by atoms with E-state index >= 15 is 0 Å². The van der Waals surface area contributed by atoms with E-state index in [9.17, 15) is 4.79 Å². The van der Waals surface area contributed by atoms with Gasteiger partial charge in [-0.2, -0.15) is 0 Å². The highest BCUT2D eigenvalue weighted by atomic mass is 32.2. The Kier molecular flexibility index (Phi) is 7.31. The minimum absolute atomic E-state index is 0.0524. The molecule has 1 amide bonds. The number of hydrogen-bond donors (Lipinski definition) is 1. The molecule has 0 aliphatic carbocycles. The molecule has 2 aromatic rings. The van der Waals surface area contributed by atoms with E-state index in [1.807, 2.05) is 6.07 Å². The van der Waals surface area contributed by atoms with Crippen LogP contribution in [0.2, 0.25) is 0 Å². The fraction of sp³-hybridized carbons (Fsp3) is 0.500. The van der Waals surface area contributed by atoms with Crippen LogP contribution in [-0.2, 0) is 11.3 Å². The van der Waals surface area contributed by atoms with Gasteiger partial charge in [0.15, 0.2) is 11.0 Å². The number of hydrogen-bond acceptors (Lipinski definition) is 4. The number of carbonyl (C=O) groups is 1. The van der Waals surface area contributed by atoms with Crippen LogP contribution in [0.4, 0.5) is 0 Å². The van der Waals surface area contributed by atoms with Gasteiger partial charge in [0.25, 0.3) is 0 Å². The van der Waals surface area contributed by atoms with E-state index in [0.29, 0.717) is 5.75 Å². The second kappa shape index (κ2) is 9.47. The summed E-state index contributed by atoms with van der Waals surface area (Å²) in [6.45, 7) is 7.90. The summed E-state index contributed by atoms with van der Waals surface area (Å²) in [6.07, 6.45) is 3.09. The Morgan fingerprint density at radius 3 is 2.79 bits per heavy atom. The van der Waals surface area contributed by atoms with Crippen LogP contribution in [0.15, 0.2) is 29.4 Å². The van der Waals surface area contributed by atoms with Gasteiger partial charge in [-0.25, -0.2) is 0 Å². The third-order valence-electron chi connectivity index (χ3n) is 3.63. The van der Waals surface area contributed by atoms with Crippen molar-refractivity contribution in [2.24, 2.45) is 0 Å². The number of aromatic nitrogens is 3. The number of nitrogens with zero attached hydrogens (tertiary/aromatic N) is 3. The Balaban J connectivity index is 2.09. The van der Waals surface area contributed by atoms with Crippen molar-refractivity contribution in [3.63, 3.8) is 0 Å². The first-order valence-electron chi connectivity index (χ1n) is 8.55. The fourth-order valence-electron chi connectivity index (χ4n) is 2.40. The topological polar surface area (TPSA) is 59.8 Å². The highest BCUT2D eigenvalue weighted by Crippen LogP contribution is 2.24. The van der Waals surface area contributed by atoms with Crippen LogP contribution < -0.4 is 5.32 Å². The second-order valence-electron chi connectivity index (χ2n) is 5.82. The minimum atomic E-state index is 0.0524. The highest BCUT2D eigenvalue weighted by Gasteiger charge is 2.15. The Hall–Kier alpha value is -1.82. The molecule has 0 saturated heterocycles. The van der Waals surface area contributed by atoms with Crippen molar-refractivity contribution in [3.05, 3.63) is 29.8 Å². The number of aryl methyl sites for hydroxylation is 1. The lowest BCUT2D eigenvalue weighted by molar-refractivity contribution is -0.118. The summed E-state index contributed by atoms with van der Waals surface area (Å²) in [7, 11) is 0. The molecule has 0 saturated carbocycles. The van der Waals surface area contributed by atoms with E-state index in [2.05, 4.69) is 59.1 Å². The molecule has 0 aliphatic heterocycles. The van der Waals surface area contributed by atoms with Crippen molar-refractivity contribution < 1.29 is 4.79 Å². The molecule has 130 valence electrons. The number of amides is 1. The zero-order valence-corrected chi connectivity index (χ0v) is 15.5. The molecule has 24 heavy (non-hydrogen) atoms. The van der Waals surface area contributed by atoms with Crippen LogP contribution in [0.25, 0.3) is 11.4 Å². The lowest BCUT2D eigenvalue weighted by atomic mass is 10.1. The molecule has 2 rings (SSSR count). The third-order valence-corrected chi connectivity index (χ3v) is 4.59. The molecule has 0 spiro atoms. The van der Waals surface area contributed by atoms with Gasteiger partial charge in [-0.3, -0.25) is 4.79 Å². The SMILES string of the molecule is CCCCNC(=O)CSc1nnc(-c2cccc(C)c2)n1CCC. The lowest BCUT2D eigenvalue weighted by Gasteiger charge is -2.09. The van der Waals surface area contributed by atoms with Crippen LogP contribution >= 0.6 is 11.8 Å². The summed E-state index contributed by atoms with van der Waals surface area (Å²) in [4.78, 5) is 11.9. The van der Waals surface area contributed by atoms with Crippen molar-refractivity contribution in [3.8, 4) is 11.4 Å². The summed E-state index contributed by atoms with van der Waals surface area (Å²) in [5.74, 6) is 1.30. The van der Waals surface area contributed by atoms with E-state index in [1.54, 1.807) is 0 Å². The Morgan fingerprint density at radius 2 is 2.08 bits per heavy atom. The average Bonchev–Trinajstić information content (AvgIpc) is 2.96. The normalized spacial score (nSPS) is 10.8. The van der Waals surface area contributed by atoms with Gasteiger partial charge in [0.2, 0.25) is 5.91 Å². The minimum Gasteiger partial charge on any atom is -0.355 e. The standard InChI is InChI=1S/C18H26N4OS/c1-4-6-10-19-16(23)13-24-18-21-20-17(22(18)11-5-2)15-9-7-8-14(3)12-15/h7-9,12H,4-6,10-11,13H2,1-3H3,(H,19,23). The summed E-state index contributed by atoms with van der Waals surface area (Å²) >= 11 is 1.45. The predicted octanol–water partition coefficient (Wildman–Crippen LogP) is 3.67. The van der Waals surface area contributed by atoms with E-state index in [4.69, 9.17) is 0 Å². The van der Waals surface area contributed by atoms with Crippen LogP contribution in [0.3, 0.4) is 0 Å². The van der Waals surface area contributed by atoms with Gasteiger partial charge < -0.3 is 9.88 Å². The molecule has 1 N–H and O–H groups in total. The quantitative estimate of drug-likeness (QED) is 0.556. The van der Waals surface area contributed by atoms with Crippen LogP contribution in [0, 0.1) is 6.92 Å². The largest absolute Gasteiger partial charge is 0.355 e. The highest BCUT2D eigenvalue weighted by molar-refractivity contribution is 7.99. The Labute approximate surface area is 148 Å². The molecule has 0 aliphatic rings. The number of nitrogens with one attached hydrogen (secondary N) is 1. The molecule has 0 radical (unpaired) electrons. The first-order valence-corrected chi connectivity index (χ1v) is 9.54. The van der Waals surface area contributed by atoms with Crippen molar-refractivity contribution in [2.75, 3.05) is 12.3 Å². The zero-order valence-electron chi connectivity index (χ0n) is 14.7. The Morgan fingerprint density at radius 1 is 1.25 bits per heavy atom. The van der Waals surface area contributed by atoms with E-state index in [1.165, 1.54) is 17.3 Å². The van der Waals surface area contributed by atoms with Gasteiger partial charge in [0.1, 0.15) is 0 Å². The first-order chi connectivity index (χ1) is 11.7. The molecular formula is C18H26N4OS. The Bertz CT molecular complexity index is 669. The molecule has 1 aromatic carbocycles. The van der Waals surface area contributed by atoms with Crippen molar-refractivity contribution in [1.29, 1.82) is 0 Å². The van der Waals surface area contributed by atoms with E-state index in [0.717, 1.165) is 48.9 Å². The maximum absolute atomic E-state index is 11.9. The van der Waals surface area contributed by atoms with Gasteiger partial charge in [-0.05, 0) is 25.8 Å². The molecular weight excluding hydrogens is 320 g/mol. The summed E-state index contributed by atoms with van der Waals surface area (Å²) < 4.78 is 2.11. The van der Waals surface area contributed by atoms with Gasteiger partial charge in [-0.1, -0.05) is 55.8 Å². The maximum atomic E-state index is 11.9. The number of rotatable bonds is 9. The molecule has 1 aromatic heterocycles. The first kappa shape index (κ1) is 18.5. The number of benzene rings is 1. The zero-order chi connectivity index (χ0) is 17.4. The second-order valence-corrected chi connectivity index (χ2v) is 6.76. The maximum Gasteiger partial charge on any atom is 0.230 e. The van der Waals surface area contributed by atoms with Gasteiger partial charge >= 0.3 is 0 Å². The van der Waals surface area contributed by atoms with Crippen LogP contribution in [0.1, 0.15) is 38.7 Å². The monoisotopic (exact) mass is 346 g/mol. The van der Waals surface area contributed by atoms with Crippen molar-refractivity contribution >= 4 is 17.7 Å². The van der Waals surface area contributed by atoms with Crippen LogP contribution in [0.5, 0.6) is 0 Å². The van der Waals surface area contributed by atoms with E-state index in [-0.39, 0.29) is 5.91 Å². The molecule has 0 atom stereocenters. The van der Waals surface area contributed by atoms with Crippen LogP contribution in [-0.4, -0.2) is 33.0 Å². The summed E-state index contributed by atoms with van der Waals surface area (Å²) in [5, 5.41) is 12.4. The molecule has 5 nitrogen and oxygen atoms in total. The van der Waals surface area contributed by atoms with Gasteiger partial charge in [0.05, 0.1) is 5.75 Å². The molecule has 1 heterocycles. The number of carbonyl (C=O) groups excluding carboxylic acids is 1. The predicted molar refractivity (Wildman–Crippen MR) is 99.1 cm³/mol. The van der Waals surface area contributed by atoms with Gasteiger partial charge in [0, 0.05) is 18.7 Å². The fourth-order valence-corrected chi connectivity index (χ4v) is 3.20. The third kappa shape index (κ3) is 5.09. The smallest absolute Gasteiger partial charge is 0.230 e. The number of thioether (sulfide) groups is 1. The molecule has 0 unspecified atom stereocenters. The van der Waals surface area contributed by atoms with E-state index < -0.39 is 0 Å². The van der Waals surface area contributed by atoms with Crippen molar-refractivity contribution in [2.45, 2.75) is 51.7 Å². The summed E-state index contributed by atoms with van der Waals surface area (Å²) in [6, 6.07) is 8.26. The molecule has 0 fully saturated rings. The average molecular weight is 347 g/mol.